The quantitative estimate of drug-likeness (QED) is 0.0903. The van der Waals surface area contributed by atoms with Crippen LogP contribution in [-0.4, -0.2) is 132 Å². The Hall–Kier alpha value is -3.71. The second kappa shape index (κ2) is 19.8. The molecule has 17 heteroatoms. The lowest BCUT2D eigenvalue weighted by atomic mass is 9.70. The van der Waals surface area contributed by atoms with Crippen molar-refractivity contribution in [1.29, 1.82) is 0 Å². The van der Waals surface area contributed by atoms with Crippen LogP contribution in [-0.2, 0) is 61.9 Å². The molecule has 0 aliphatic carbocycles. The maximum absolute atomic E-state index is 13.3. The fourth-order valence-corrected chi connectivity index (χ4v) is 8.24. The number of fused-ring (bicyclic) bond motifs is 6. The average molecular weight is 839 g/mol. The van der Waals surface area contributed by atoms with Gasteiger partial charge in [-0.3, -0.25) is 14.4 Å². The highest BCUT2D eigenvalue weighted by Gasteiger charge is 2.59. The number of ether oxygens (including phenoxy) is 8. The normalized spacial score (nSPS) is 37.5. The van der Waals surface area contributed by atoms with Gasteiger partial charge in [-0.1, -0.05) is 52.3 Å². The number of cyclic esters (lactones) is 1. The van der Waals surface area contributed by atoms with Crippen molar-refractivity contribution < 1.29 is 82.3 Å². The molecule has 0 aromatic rings. The average Bonchev–Trinajstić information content (AvgIpc) is 3.13. The Morgan fingerprint density at radius 2 is 1.61 bits per heavy atom. The van der Waals surface area contributed by atoms with E-state index in [1.807, 2.05) is 6.92 Å². The third kappa shape index (κ3) is 11.6. The molecule has 0 aromatic heterocycles. The Morgan fingerprint density at radius 3 is 2.24 bits per heavy atom. The minimum Gasteiger partial charge on any atom is -0.466 e. The van der Waals surface area contributed by atoms with Crippen LogP contribution in [0, 0.1) is 10.8 Å². The molecule has 11 atom stereocenters. The van der Waals surface area contributed by atoms with Crippen LogP contribution < -0.4 is 0 Å². The number of rotatable bonds is 8. The minimum atomic E-state index is -2.40. The summed E-state index contributed by atoms with van der Waals surface area (Å²) in [5.41, 5.74) is -1.97. The molecule has 0 aromatic carbocycles. The van der Waals surface area contributed by atoms with Crippen LogP contribution in [0.4, 0.5) is 0 Å². The van der Waals surface area contributed by atoms with E-state index in [4.69, 9.17) is 37.9 Å². The topological polar surface area (TPSA) is 240 Å². The molecule has 332 valence electrons. The van der Waals surface area contributed by atoms with Gasteiger partial charge >= 0.3 is 23.9 Å². The maximum Gasteiger partial charge on any atom is 0.330 e. The molecule has 6 bridgehead atoms. The number of aliphatic hydroxyl groups is 4. The van der Waals surface area contributed by atoms with E-state index in [2.05, 4.69) is 0 Å². The largest absolute Gasteiger partial charge is 0.466 e. The highest BCUT2D eigenvalue weighted by Crippen LogP contribution is 2.50. The molecule has 3 fully saturated rings. The summed E-state index contributed by atoms with van der Waals surface area (Å²) in [4.78, 5) is 63.2. The first kappa shape index (κ1) is 48.0. The zero-order valence-corrected chi connectivity index (χ0v) is 35.3. The lowest BCUT2D eigenvalue weighted by Gasteiger charge is -2.53. The third-order valence-corrected chi connectivity index (χ3v) is 11.8. The van der Waals surface area contributed by atoms with Gasteiger partial charge in [0, 0.05) is 49.7 Å². The van der Waals surface area contributed by atoms with Gasteiger partial charge in [-0.15, -0.1) is 0 Å². The zero-order valence-electron chi connectivity index (χ0n) is 35.3. The SMILES string of the molecule is CCCC(=O)OC1CC2CC(O)CC(=O)OC(C(C)O)CC3C/C(=C\C(=O)OC)C(OC=O)C(O)(O3)C(C)(C)/C=C/C3C/C(=C\C(=O)OC)CC(CC(O)(O2)C1(C)C)O3. The lowest BCUT2D eigenvalue weighted by molar-refractivity contribution is -0.348. The van der Waals surface area contributed by atoms with Crippen molar-refractivity contribution in [2.24, 2.45) is 10.8 Å². The summed E-state index contributed by atoms with van der Waals surface area (Å²) in [5, 5.41) is 47.0. The van der Waals surface area contributed by atoms with Crippen molar-refractivity contribution in [3.8, 4) is 0 Å². The van der Waals surface area contributed by atoms with E-state index in [1.165, 1.54) is 20.1 Å². The fourth-order valence-electron chi connectivity index (χ4n) is 8.24. The number of carbonyl (C=O) groups excluding carboxylic acids is 5. The van der Waals surface area contributed by atoms with E-state index >= 15 is 0 Å². The molecule has 4 rings (SSSR count). The number of carbonyl (C=O) groups is 5. The van der Waals surface area contributed by atoms with Gasteiger partial charge in [0.25, 0.3) is 6.47 Å². The Balaban J connectivity index is 1.86. The van der Waals surface area contributed by atoms with Gasteiger partial charge in [0.2, 0.25) is 5.79 Å². The number of hydrogen-bond acceptors (Lipinski definition) is 17. The van der Waals surface area contributed by atoms with E-state index in [0.717, 1.165) is 13.2 Å². The molecule has 4 heterocycles. The number of methoxy groups -OCH3 is 2. The highest BCUT2D eigenvalue weighted by molar-refractivity contribution is 5.83. The van der Waals surface area contributed by atoms with Crippen LogP contribution in [0.2, 0.25) is 0 Å². The molecule has 59 heavy (non-hydrogen) atoms. The Morgan fingerprint density at radius 1 is 0.932 bits per heavy atom. The van der Waals surface area contributed by atoms with E-state index < -0.39 is 108 Å². The molecule has 0 amide bonds. The van der Waals surface area contributed by atoms with E-state index in [9.17, 15) is 44.4 Å². The Bertz CT molecular complexity index is 1610. The van der Waals surface area contributed by atoms with Crippen molar-refractivity contribution in [3.63, 3.8) is 0 Å². The standard InChI is InChI=1S/C42H62O17/c1-9-10-34(46)57-33-21-30-18-27(45)19-37(49)56-32(24(2)44)20-29-16-26(17-36(48)53-8)38(54-23-43)42(51,59-29)39(3,4)12-11-28-13-25(15-35(47)52-7)14-31(55-28)22-41(50,58-30)40(33,5)6/h11-12,15,17,23-24,27-33,38,44-45,50-51H,9-10,13-14,16,18-22H2,1-8H3/b12-11+,25-15+,26-17+. The Kier molecular flexibility index (Phi) is 16.1. The monoisotopic (exact) mass is 838 g/mol. The second-order valence-electron chi connectivity index (χ2n) is 17.1. The van der Waals surface area contributed by atoms with Crippen LogP contribution >= 0.6 is 0 Å². The van der Waals surface area contributed by atoms with E-state index in [-0.39, 0.29) is 63.4 Å². The van der Waals surface area contributed by atoms with Crippen molar-refractivity contribution >= 4 is 30.3 Å². The van der Waals surface area contributed by atoms with Crippen molar-refractivity contribution in [2.75, 3.05) is 14.2 Å². The maximum atomic E-state index is 13.3. The molecule has 4 aliphatic heterocycles. The van der Waals surface area contributed by atoms with Gasteiger partial charge in [-0.05, 0) is 38.2 Å². The lowest BCUT2D eigenvalue weighted by Crippen LogP contribution is -2.62. The highest BCUT2D eigenvalue weighted by atomic mass is 16.7. The molecule has 4 aliphatic rings. The van der Waals surface area contributed by atoms with Gasteiger partial charge in [0.15, 0.2) is 11.9 Å². The molecular formula is C42H62O17. The Labute approximate surface area is 345 Å². The number of aliphatic hydroxyl groups excluding tert-OH is 2. The van der Waals surface area contributed by atoms with Crippen LogP contribution in [0.3, 0.4) is 0 Å². The van der Waals surface area contributed by atoms with Gasteiger partial charge in [0.1, 0.15) is 12.2 Å². The summed E-state index contributed by atoms with van der Waals surface area (Å²) in [6.45, 7) is 9.90. The summed E-state index contributed by atoms with van der Waals surface area (Å²) in [6.07, 6.45) is -4.32. The predicted octanol–water partition coefficient (Wildman–Crippen LogP) is 2.78. The van der Waals surface area contributed by atoms with Crippen LogP contribution in [0.1, 0.15) is 106 Å². The summed E-state index contributed by atoms with van der Waals surface area (Å²) in [5.74, 6) is -7.22. The fraction of sp³-hybridized carbons (Fsp3) is 0.738. The minimum absolute atomic E-state index is 0.0881. The summed E-state index contributed by atoms with van der Waals surface area (Å²) in [7, 11) is 2.40. The predicted molar refractivity (Wildman–Crippen MR) is 205 cm³/mol. The third-order valence-electron chi connectivity index (χ3n) is 11.8. The van der Waals surface area contributed by atoms with Gasteiger partial charge in [-0.2, -0.15) is 0 Å². The smallest absolute Gasteiger partial charge is 0.330 e. The van der Waals surface area contributed by atoms with Crippen LogP contribution in [0.15, 0.2) is 35.5 Å². The summed E-state index contributed by atoms with van der Waals surface area (Å²) in [6, 6.07) is 0. The first-order chi connectivity index (χ1) is 27.6. The summed E-state index contributed by atoms with van der Waals surface area (Å²) < 4.78 is 46.0. The van der Waals surface area contributed by atoms with E-state index in [1.54, 1.807) is 39.8 Å². The molecule has 0 radical (unpaired) electrons. The molecular weight excluding hydrogens is 776 g/mol. The molecule has 11 unspecified atom stereocenters. The van der Waals surface area contributed by atoms with Gasteiger partial charge < -0.3 is 58.3 Å². The molecule has 0 saturated carbocycles. The zero-order chi connectivity index (χ0) is 43.9. The van der Waals surface area contributed by atoms with E-state index in [0.29, 0.717) is 12.0 Å². The van der Waals surface area contributed by atoms with Crippen molar-refractivity contribution in [3.05, 3.63) is 35.5 Å². The molecule has 0 spiro atoms. The summed E-state index contributed by atoms with van der Waals surface area (Å²) >= 11 is 0. The van der Waals surface area contributed by atoms with Crippen LogP contribution in [0.25, 0.3) is 0 Å². The van der Waals surface area contributed by atoms with Gasteiger partial charge in [-0.25, -0.2) is 9.59 Å². The first-order valence-electron chi connectivity index (χ1n) is 20.1. The molecule has 17 nitrogen and oxygen atoms in total. The van der Waals surface area contributed by atoms with Crippen molar-refractivity contribution in [2.45, 2.75) is 172 Å². The second-order valence-corrected chi connectivity index (χ2v) is 17.1. The van der Waals surface area contributed by atoms with Crippen molar-refractivity contribution in [1.82, 2.24) is 0 Å². The number of hydrogen-bond donors (Lipinski definition) is 4. The number of esters is 4. The molecule has 4 N–H and O–H groups in total. The first-order valence-corrected chi connectivity index (χ1v) is 20.1. The van der Waals surface area contributed by atoms with Crippen LogP contribution in [0.5, 0.6) is 0 Å². The van der Waals surface area contributed by atoms with Gasteiger partial charge in [0.05, 0.1) is 62.7 Å². The molecule has 3 saturated heterocycles.